The van der Waals surface area contributed by atoms with Crippen molar-refractivity contribution < 1.29 is 33.1 Å². The quantitative estimate of drug-likeness (QED) is 0.590. The Balaban J connectivity index is 0.00000108. The first-order valence-electron chi connectivity index (χ1n) is 11.3. The number of hydroxylamine groups is 2. The molecule has 0 aliphatic carbocycles. The number of nitrogens with zero attached hydrogens (tertiary/aromatic N) is 3. The van der Waals surface area contributed by atoms with Crippen molar-refractivity contribution in [1.29, 1.82) is 0 Å². The van der Waals surface area contributed by atoms with Crippen LogP contribution < -0.4 is 9.80 Å². The SMILES string of the molecule is CC(=O)CC[C@H]1CN(c2ccc(N3CCON(Cc4ccccc4)CC3)c(F)c2)C(=O)O1.O=C=O. The van der Waals surface area contributed by atoms with Crippen LogP contribution >= 0.6 is 0 Å². The van der Waals surface area contributed by atoms with Crippen molar-refractivity contribution in [2.45, 2.75) is 32.4 Å². The van der Waals surface area contributed by atoms with E-state index in [-0.39, 0.29) is 23.9 Å². The minimum atomic E-state index is -0.509. The molecular formula is C25H28FN3O6. The van der Waals surface area contributed by atoms with E-state index < -0.39 is 6.09 Å². The number of rotatable bonds is 7. The Morgan fingerprint density at radius 3 is 2.54 bits per heavy atom. The van der Waals surface area contributed by atoms with Gasteiger partial charge in [-0.3, -0.25) is 9.74 Å². The first-order valence-corrected chi connectivity index (χ1v) is 11.3. The molecule has 2 heterocycles. The topological polar surface area (TPSA) is 96.5 Å². The number of hydrogen-bond donors (Lipinski definition) is 0. The lowest BCUT2D eigenvalue weighted by molar-refractivity contribution is -0.191. The number of amides is 1. The molecule has 1 amide bonds. The van der Waals surface area contributed by atoms with Crippen molar-refractivity contribution in [1.82, 2.24) is 5.06 Å². The van der Waals surface area contributed by atoms with Gasteiger partial charge in [0.05, 0.1) is 24.5 Å². The van der Waals surface area contributed by atoms with E-state index in [4.69, 9.17) is 19.2 Å². The van der Waals surface area contributed by atoms with E-state index in [2.05, 4.69) is 12.1 Å². The number of cyclic esters (lactones) is 1. The highest BCUT2D eigenvalue weighted by Crippen LogP contribution is 2.29. The van der Waals surface area contributed by atoms with E-state index >= 15 is 4.39 Å². The zero-order chi connectivity index (χ0) is 25.2. The molecule has 0 unspecified atom stereocenters. The van der Waals surface area contributed by atoms with Crippen molar-refractivity contribution in [3.63, 3.8) is 0 Å². The van der Waals surface area contributed by atoms with Crippen LogP contribution in [0.5, 0.6) is 0 Å². The molecule has 10 heteroatoms. The summed E-state index contributed by atoms with van der Waals surface area (Å²) in [4.78, 5) is 48.9. The van der Waals surface area contributed by atoms with Gasteiger partial charge in [-0.05, 0) is 37.1 Å². The van der Waals surface area contributed by atoms with Gasteiger partial charge >= 0.3 is 12.2 Å². The number of anilines is 2. The molecule has 2 fully saturated rings. The fraction of sp³-hybridized carbons (Fsp3) is 0.400. The number of hydrogen-bond acceptors (Lipinski definition) is 8. The molecule has 186 valence electrons. The van der Waals surface area contributed by atoms with Crippen LogP contribution in [0.4, 0.5) is 20.6 Å². The Morgan fingerprint density at radius 1 is 1.11 bits per heavy atom. The largest absolute Gasteiger partial charge is 0.444 e. The highest BCUT2D eigenvalue weighted by molar-refractivity contribution is 5.90. The fourth-order valence-corrected chi connectivity index (χ4v) is 4.01. The lowest BCUT2D eigenvalue weighted by Gasteiger charge is -2.24. The summed E-state index contributed by atoms with van der Waals surface area (Å²) in [7, 11) is 0. The summed E-state index contributed by atoms with van der Waals surface area (Å²) in [6.07, 6.45) is 0.223. The Morgan fingerprint density at radius 2 is 1.86 bits per heavy atom. The van der Waals surface area contributed by atoms with Crippen LogP contribution in [0.1, 0.15) is 25.3 Å². The van der Waals surface area contributed by atoms with E-state index in [1.165, 1.54) is 17.9 Å². The molecule has 0 radical (unpaired) electrons. The zero-order valence-corrected chi connectivity index (χ0v) is 19.5. The number of carbonyl (C=O) groups is 2. The first kappa shape index (κ1) is 26.0. The Kier molecular flexibility index (Phi) is 9.48. The predicted octanol–water partition coefficient (Wildman–Crippen LogP) is 3.19. The number of carbonyl (C=O) groups excluding carboxylic acids is 4. The van der Waals surface area contributed by atoms with E-state index in [1.54, 1.807) is 12.1 Å². The van der Waals surface area contributed by atoms with Gasteiger partial charge in [-0.25, -0.2) is 9.18 Å². The van der Waals surface area contributed by atoms with Gasteiger partial charge in [0, 0.05) is 32.6 Å². The molecule has 0 saturated carbocycles. The average molecular weight is 486 g/mol. The van der Waals surface area contributed by atoms with Crippen molar-refractivity contribution in [2.75, 3.05) is 42.6 Å². The van der Waals surface area contributed by atoms with Gasteiger partial charge in [-0.1, -0.05) is 30.3 Å². The second-order valence-electron chi connectivity index (χ2n) is 8.25. The monoisotopic (exact) mass is 485 g/mol. The highest BCUT2D eigenvalue weighted by atomic mass is 19.1. The Labute approximate surface area is 202 Å². The van der Waals surface area contributed by atoms with Crippen molar-refractivity contribution in [2.24, 2.45) is 0 Å². The van der Waals surface area contributed by atoms with E-state index in [0.717, 1.165) is 5.56 Å². The van der Waals surface area contributed by atoms with Crippen LogP contribution in [0.15, 0.2) is 48.5 Å². The van der Waals surface area contributed by atoms with Crippen LogP contribution in [-0.4, -0.2) is 62.0 Å². The van der Waals surface area contributed by atoms with Gasteiger partial charge in [0.15, 0.2) is 0 Å². The van der Waals surface area contributed by atoms with Crippen molar-refractivity contribution in [3.8, 4) is 0 Å². The highest BCUT2D eigenvalue weighted by Gasteiger charge is 2.33. The van der Waals surface area contributed by atoms with Crippen LogP contribution in [-0.2, 0) is 30.5 Å². The zero-order valence-electron chi connectivity index (χ0n) is 19.5. The van der Waals surface area contributed by atoms with Gasteiger partial charge in [-0.2, -0.15) is 14.7 Å². The summed E-state index contributed by atoms with van der Waals surface area (Å²) >= 11 is 0. The fourth-order valence-electron chi connectivity index (χ4n) is 4.01. The second kappa shape index (κ2) is 12.8. The minimum absolute atomic E-state index is 0.0543. The molecule has 0 aromatic heterocycles. The maximum absolute atomic E-state index is 15.0. The number of Topliss-reactive ketones (excluding diaryl/α,β-unsaturated/α-hetero) is 1. The first-order chi connectivity index (χ1) is 16.9. The third-order valence-corrected chi connectivity index (χ3v) is 5.73. The molecule has 0 spiro atoms. The van der Waals surface area contributed by atoms with Gasteiger partial charge in [0.25, 0.3) is 0 Å². The predicted molar refractivity (Wildman–Crippen MR) is 124 cm³/mol. The van der Waals surface area contributed by atoms with Crippen LogP contribution in [0.2, 0.25) is 0 Å². The molecule has 2 saturated heterocycles. The van der Waals surface area contributed by atoms with Gasteiger partial charge in [0.1, 0.15) is 17.7 Å². The lowest BCUT2D eigenvalue weighted by atomic mass is 10.1. The molecule has 1 atom stereocenters. The van der Waals surface area contributed by atoms with Crippen molar-refractivity contribution >= 4 is 29.4 Å². The van der Waals surface area contributed by atoms with Gasteiger partial charge < -0.3 is 14.4 Å². The number of halogens is 1. The van der Waals surface area contributed by atoms with Crippen LogP contribution in [0.25, 0.3) is 0 Å². The molecule has 2 aromatic carbocycles. The van der Waals surface area contributed by atoms with E-state index in [1.807, 2.05) is 28.2 Å². The number of benzene rings is 2. The second-order valence-corrected chi connectivity index (χ2v) is 8.25. The summed E-state index contributed by atoms with van der Waals surface area (Å²) in [5.41, 5.74) is 2.11. The smallest absolute Gasteiger partial charge is 0.414 e. The Bertz CT molecular complexity index is 1040. The van der Waals surface area contributed by atoms with Gasteiger partial charge in [0.2, 0.25) is 0 Å². The third-order valence-electron chi connectivity index (χ3n) is 5.73. The Hall–Kier alpha value is -3.59. The maximum atomic E-state index is 15.0. The minimum Gasteiger partial charge on any atom is -0.444 e. The van der Waals surface area contributed by atoms with Crippen LogP contribution in [0, 0.1) is 5.82 Å². The molecule has 0 N–H and O–H groups in total. The molecule has 4 rings (SSSR count). The van der Waals surface area contributed by atoms with Crippen molar-refractivity contribution in [3.05, 3.63) is 59.9 Å². The normalized spacial score (nSPS) is 18.2. The van der Waals surface area contributed by atoms with E-state index in [9.17, 15) is 9.59 Å². The number of ether oxygens (including phenoxy) is 1. The summed E-state index contributed by atoms with van der Waals surface area (Å²) in [6, 6.07) is 14.9. The average Bonchev–Trinajstić information content (AvgIpc) is 3.05. The molecule has 2 aliphatic rings. The molecule has 0 bridgehead atoms. The maximum Gasteiger partial charge on any atom is 0.414 e. The van der Waals surface area contributed by atoms with Gasteiger partial charge in [-0.15, -0.1) is 0 Å². The summed E-state index contributed by atoms with van der Waals surface area (Å²) < 4.78 is 20.3. The van der Waals surface area contributed by atoms with Crippen LogP contribution in [0.3, 0.4) is 0 Å². The summed E-state index contributed by atoms with van der Waals surface area (Å²) in [6.45, 7) is 4.81. The molecule has 9 nitrogen and oxygen atoms in total. The molecular weight excluding hydrogens is 457 g/mol. The standard InChI is InChI=1S/C24H28FN3O4.CO2/c1-18(29)7-9-21-17-28(24(30)32-21)20-8-10-23(22(25)15-20)26-11-12-27(31-14-13-26)16-19-5-3-2-4-6-19;2-1-3/h2-6,8,10,15,21H,7,9,11-14,16-17H2,1H3;/t21-;/m0./s1. The summed E-state index contributed by atoms with van der Waals surface area (Å²) in [5.74, 6) is -0.336. The summed E-state index contributed by atoms with van der Waals surface area (Å²) in [5, 5.41) is 1.91. The number of ketones is 1. The van der Waals surface area contributed by atoms with E-state index in [0.29, 0.717) is 63.5 Å². The molecule has 2 aliphatic heterocycles. The lowest BCUT2D eigenvalue weighted by Crippen LogP contribution is -2.31. The third kappa shape index (κ3) is 7.45. The molecule has 35 heavy (non-hydrogen) atoms. The molecule has 2 aromatic rings.